The lowest BCUT2D eigenvalue weighted by Gasteiger charge is -2.13. The van der Waals surface area contributed by atoms with E-state index >= 15 is 0 Å². The smallest absolute Gasteiger partial charge is 0.341 e. The minimum Gasteiger partial charge on any atom is -0.505 e. The first-order valence-electron chi connectivity index (χ1n) is 9.80. The van der Waals surface area contributed by atoms with Crippen LogP contribution in [0.1, 0.15) is 38.8 Å². The van der Waals surface area contributed by atoms with E-state index in [-0.39, 0.29) is 41.5 Å². The summed E-state index contributed by atoms with van der Waals surface area (Å²) >= 11 is 0. The highest BCUT2D eigenvalue weighted by atomic mass is 19.1. The number of esters is 1. The van der Waals surface area contributed by atoms with Crippen LogP contribution in [0.2, 0.25) is 0 Å². The molecule has 3 rings (SSSR count). The Bertz CT molecular complexity index is 1180. The standard InChI is InChI=1S/C23H22FN3O5/c1-13(28)25-7-8-26-22(30)18-11-19(23(31)32-2)21(29)20-17(18)10-15(12-27-20)9-14-3-5-16(24)6-4-14/h3-6,10-12,29H,7-9H2,1-2H3,(H,25,28)(H,26,30). The minimum absolute atomic E-state index is 0.0720. The summed E-state index contributed by atoms with van der Waals surface area (Å²) in [4.78, 5) is 40.2. The Morgan fingerprint density at radius 1 is 1.03 bits per heavy atom. The molecule has 0 radical (unpaired) electrons. The number of hydrogen-bond acceptors (Lipinski definition) is 6. The predicted octanol–water partition coefficient (Wildman–Crippen LogP) is 2.32. The Morgan fingerprint density at radius 3 is 2.38 bits per heavy atom. The third-order valence-electron chi connectivity index (χ3n) is 4.76. The lowest BCUT2D eigenvalue weighted by Crippen LogP contribution is -2.33. The third-order valence-corrected chi connectivity index (χ3v) is 4.76. The van der Waals surface area contributed by atoms with Crippen molar-refractivity contribution in [3.05, 3.63) is 70.7 Å². The van der Waals surface area contributed by atoms with Crippen molar-refractivity contribution < 1.29 is 28.6 Å². The molecule has 1 heterocycles. The third kappa shape index (κ3) is 5.18. The summed E-state index contributed by atoms with van der Waals surface area (Å²) in [7, 11) is 1.17. The topological polar surface area (TPSA) is 118 Å². The Kier molecular flexibility index (Phi) is 6.99. The minimum atomic E-state index is -0.811. The molecule has 0 fully saturated rings. The Morgan fingerprint density at radius 2 is 1.72 bits per heavy atom. The number of phenols is 1. The zero-order valence-electron chi connectivity index (χ0n) is 17.6. The van der Waals surface area contributed by atoms with E-state index in [2.05, 4.69) is 15.6 Å². The Labute approximate surface area is 183 Å². The van der Waals surface area contributed by atoms with Crippen molar-refractivity contribution in [2.45, 2.75) is 13.3 Å². The lowest BCUT2D eigenvalue weighted by atomic mass is 9.98. The summed E-state index contributed by atoms with van der Waals surface area (Å²) < 4.78 is 17.9. The number of benzene rings is 2. The number of fused-ring (bicyclic) bond motifs is 1. The van der Waals surface area contributed by atoms with Gasteiger partial charge in [0.25, 0.3) is 5.91 Å². The highest BCUT2D eigenvalue weighted by molar-refractivity contribution is 6.11. The molecule has 0 atom stereocenters. The van der Waals surface area contributed by atoms with Crippen LogP contribution in [0, 0.1) is 5.82 Å². The van der Waals surface area contributed by atoms with E-state index in [1.165, 1.54) is 38.4 Å². The summed E-state index contributed by atoms with van der Waals surface area (Å²) in [6.07, 6.45) is 1.94. The quantitative estimate of drug-likeness (QED) is 0.384. The van der Waals surface area contributed by atoms with Gasteiger partial charge in [-0.3, -0.25) is 14.6 Å². The van der Waals surface area contributed by atoms with Gasteiger partial charge in [0, 0.05) is 37.2 Å². The van der Waals surface area contributed by atoms with Crippen molar-refractivity contribution in [2.75, 3.05) is 20.2 Å². The molecule has 0 bridgehead atoms. The maximum Gasteiger partial charge on any atom is 0.341 e. The molecule has 2 aromatic carbocycles. The maximum atomic E-state index is 13.2. The largest absolute Gasteiger partial charge is 0.505 e. The van der Waals surface area contributed by atoms with Crippen LogP contribution in [0.5, 0.6) is 5.75 Å². The number of nitrogens with zero attached hydrogens (tertiary/aromatic N) is 1. The number of aromatic hydroxyl groups is 1. The number of carbonyl (C=O) groups excluding carboxylic acids is 3. The molecule has 1 aromatic heterocycles. The van der Waals surface area contributed by atoms with E-state index in [4.69, 9.17) is 4.74 Å². The maximum absolute atomic E-state index is 13.2. The van der Waals surface area contributed by atoms with Crippen LogP contribution in [0.25, 0.3) is 10.9 Å². The monoisotopic (exact) mass is 439 g/mol. The molecule has 166 valence electrons. The van der Waals surface area contributed by atoms with Gasteiger partial charge in [0.15, 0.2) is 5.75 Å². The summed E-state index contributed by atoms with van der Waals surface area (Å²) in [6.45, 7) is 1.76. The number of ether oxygens (including phenoxy) is 1. The first-order valence-corrected chi connectivity index (χ1v) is 9.80. The van der Waals surface area contributed by atoms with E-state index < -0.39 is 17.6 Å². The molecule has 0 aliphatic carbocycles. The molecule has 0 aliphatic heterocycles. The summed E-state index contributed by atoms with van der Waals surface area (Å²) in [5.41, 5.74) is 1.56. The van der Waals surface area contributed by atoms with Gasteiger partial charge in [-0.05, 0) is 41.8 Å². The number of hydrogen-bond donors (Lipinski definition) is 3. The fourth-order valence-electron chi connectivity index (χ4n) is 3.22. The molecule has 0 saturated carbocycles. The average Bonchev–Trinajstić information content (AvgIpc) is 2.77. The van der Waals surface area contributed by atoms with Crippen LogP contribution in [0.3, 0.4) is 0 Å². The zero-order valence-corrected chi connectivity index (χ0v) is 17.6. The van der Waals surface area contributed by atoms with Crippen molar-refractivity contribution in [3.8, 4) is 5.75 Å². The predicted molar refractivity (Wildman–Crippen MR) is 115 cm³/mol. The van der Waals surface area contributed by atoms with Crippen molar-refractivity contribution in [1.29, 1.82) is 0 Å². The highest BCUT2D eigenvalue weighted by Crippen LogP contribution is 2.32. The summed E-state index contributed by atoms with van der Waals surface area (Å²) in [5, 5.41) is 16.1. The molecule has 0 spiro atoms. The fourth-order valence-corrected chi connectivity index (χ4v) is 3.22. The van der Waals surface area contributed by atoms with Crippen molar-refractivity contribution in [2.24, 2.45) is 0 Å². The SMILES string of the molecule is COC(=O)c1cc(C(=O)NCCNC(C)=O)c2cc(Cc3ccc(F)cc3)cnc2c1O. The second kappa shape index (κ2) is 9.86. The molecule has 0 saturated heterocycles. The van der Waals surface area contributed by atoms with Gasteiger partial charge in [0.05, 0.1) is 7.11 Å². The number of rotatable bonds is 7. The molecule has 2 amide bonds. The van der Waals surface area contributed by atoms with Gasteiger partial charge in [-0.2, -0.15) is 0 Å². The van der Waals surface area contributed by atoms with Crippen molar-refractivity contribution >= 4 is 28.7 Å². The number of nitrogens with one attached hydrogen (secondary N) is 2. The van der Waals surface area contributed by atoms with Gasteiger partial charge in [-0.15, -0.1) is 0 Å². The van der Waals surface area contributed by atoms with E-state index in [1.54, 1.807) is 18.2 Å². The molecular formula is C23H22FN3O5. The van der Waals surface area contributed by atoms with Gasteiger partial charge < -0.3 is 20.5 Å². The van der Waals surface area contributed by atoms with Crippen LogP contribution >= 0.6 is 0 Å². The molecule has 8 nitrogen and oxygen atoms in total. The molecule has 3 aromatic rings. The first kappa shape index (κ1) is 22.7. The summed E-state index contributed by atoms with van der Waals surface area (Å²) in [5.74, 6) is -2.28. The molecule has 0 aliphatic rings. The number of phenolic OH excluding ortho intramolecular Hbond substituents is 1. The van der Waals surface area contributed by atoms with Gasteiger partial charge in [-0.25, -0.2) is 9.18 Å². The molecule has 32 heavy (non-hydrogen) atoms. The molecule has 0 unspecified atom stereocenters. The van der Waals surface area contributed by atoms with E-state index in [9.17, 15) is 23.9 Å². The normalized spacial score (nSPS) is 10.6. The number of carbonyl (C=O) groups is 3. The summed E-state index contributed by atoms with van der Waals surface area (Å²) in [6, 6.07) is 8.94. The second-order valence-electron chi connectivity index (χ2n) is 7.09. The zero-order chi connectivity index (χ0) is 23.3. The number of aromatic nitrogens is 1. The van der Waals surface area contributed by atoms with Gasteiger partial charge in [-0.1, -0.05) is 12.1 Å². The fraction of sp³-hybridized carbons (Fsp3) is 0.217. The van der Waals surface area contributed by atoms with Crippen molar-refractivity contribution in [1.82, 2.24) is 15.6 Å². The number of methoxy groups -OCH3 is 1. The molecular weight excluding hydrogens is 417 g/mol. The van der Waals surface area contributed by atoms with Gasteiger partial charge in [0.2, 0.25) is 5.91 Å². The number of pyridine rings is 1. The van der Waals surface area contributed by atoms with Crippen LogP contribution < -0.4 is 10.6 Å². The molecule has 9 heteroatoms. The van der Waals surface area contributed by atoms with Crippen molar-refractivity contribution in [3.63, 3.8) is 0 Å². The van der Waals surface area contributed by atoms with Crippen LogP contribution in [0.4, 0.5) is 4.39 Å². The van der Waals surface area contributed by atoms with Crippen LogP contribution in [-0.4, -0.2) is 48.1 Å². The first-order chi connectivity index (χ1) is 15.3. The van der Waals surface area contributed by atoms with E-state index in [1.807, 2.05) is 0 Å². The Hall–Kier alpha value is -4.01. The number of halogens is 1. The van der Waals surface area contributed by atoms with E-state index in [0.717, 1.165) is 11.1 Å². The molecule has 3 N–H and O–H groups in total. The van der Waals surface area contributed by atoms with E-state index in [0.29, 0.717) is 11.8 Å². The van der Waals surface area contributed by atoms with Gasteiger partial charge in [0.1, 0.15) is 16.9 Å². The van der Waals surface area contributed by atoms with Gasteiger partial charge >= 0.3 is 5.97 Å². The van der Waals surface area contributed by atoms with Crippen LogP contribution in [0.15, 0.2) is 42.6 Å². The van der Waals surface area contributed by atoms with Crippen LogP contribution in [-0.2, 0) is 16.0 Å². The highest BCUT2D eigenvalue weighted by Gasteiger charge is 2.22. The average molecular weight is 439 g/mol. The number of amides is 2. The lowest BCUT2D eigenvalue weighted by molar-refractivity contribution is -0.118. The Balaban J connectivity index is 2.01. The second-order valence-corrected chi connectivity index (χ2v) is 7.09.